The van der Waals surface area contributed by atoms with Crippen LogP contribution in [0, 0.1) is 5.82 Å². The Morgan fingerprint density at radius 1 is 1.35 bits per heavy atom. The van der Waals surface area contributed by atoms with Crippen molar-refractivity contribution in [1.82, 2.24) is 19.7 Å². The largest absolute Gasteiger partial charge is 0.354 e. The topological polar surface area (TPSA) is 54.3 Å². The van der Waals surface area contributed by atoms with Crippen LogP contribution in [0.25, 0.3) is 0 Å². The fourth-order valence-electron chi connectivity index (χ4n) is 2.95. The predicted octanol–water partition coefficient (Wildman–Crippen LogP) is 1.70. The molecule has 2 aromatic heterocycles. The Bertz CT molecular complexity index is 693. The molecule has 0 N–H and O–H groups in total. The van der Waals surface area contributed by atoms with Gasteiger partial charge in [-0.05, 0) is 31.0 Å². The lowest BCUT2D eigenvalue weighted by molar-refractivity contribution is 0.0702. The minimum atomic E-state index is -0.302. The summed E-state index contributed by atoms with van der Waals surface area (Å²) in [6, 6.07) is 4.86. The Morgan fingerprint density at radius 3 is 2.70 bits per heavy atom. The van der Waals surface area contributed by atoms with E-state index in [-0.39, 0.29) is 17.8 Å². The summed E-state index contributed by atoms with van der Waals surface area (Å²) in [5, 5.41) is 4.16. The summed E-state index contributed by atoms with van der Waals surface area (Å²) in [5.41, 5.74) is 0.452. The molecule has 122 valence electrons. The highest BCUT2D eigenvalue weighted by atomic mass is 19.1. The summed E-state index contributed by atoms with van der Waals surface area (Å²) in [4.78, 5) is 20.2. The number of nitrogens with zero attached hydrogens (tertiary/aromatic N) is 5. The molecule has 1 saturated heterocycles. The van der Waals surface area contributed by atoms with Gasteiger partial charge in [0.1, 0.15) is 5.69 Å². The maximum atomic E-state index is 13.8. The van der Waals surface area contributed by atoms with Gasteiger partial charge >= 0.3 is 0 Å². The van der Waals surface area contributed by atoms with Gasteiger partial charge in [0.25, 0.3) is 5.91 Å². The van der Waals surface area contributed by atoms with Gasteiger partial charge in [0, 0.05) is 45.6 Å². The fraction of sp³-hybridized carbons (Fsp3) is 0.438. The number of amides is 1. The molecule has 0 aromatic carbocycles. The zero-order chi connectivity index (χ0) is 16.4. The van der Waals surface area contributed by atoms with E-state index in [2.05, 4.69) is 10.1 Å². The Kier molecular flexibility index (Phi) is 4.27. The molecular formula is C16H20FN5O. The Morgan fingerprint density at radius 2 is 2.09 bits per heavy atom. The van der Waals surface area contributed by atoms with Crippen molar-refractivity contribution in [3.8, 4) is 0 Å². The highest BCUT2D eigenvalue weighted by Crippen LogP contribution is 2.23. The second-order valence-corrected chi connectivity index (χ2v) is 5.82. The van der Waals surface area contributed by atoms with Crippen molar-refractivity contribution in [2.45, 2.75) is 18.9 Å². The first kappa shape index (κ1) is 15.5. The number of rotatable bonds is 3. The van der Waals surface area contributed by atoms with Crippen molar-refractivity contribution in [2.75, 3.05) is 25.0 Å². The van der Waals surface area contributed by atoms with E-state index in [1.165, 1.54) is 6.07 Å². The summed E-state index contributed by atoms with van der Waals surface area (Å²) >= 11 is 0. The Labute approximate surface area is 134 Å². The van der Waals surface area contributed by atoms with Crippen molar-refractivity contribution >= 4 is 11.7 Å². The molecule has 23 heavy (non-hydrogen) atoms. The molecule has 0 aliphatic carbocycles. The van der Waals surface area contributed by atoms with E-state index in [4.69, 9.17) is 0 Å². The lowest BCUT2D eigenvalue weighted by Gasteiger charge is -2.37. The number of pyridine rings is 1. The molecule has 3 rings (SSSR count). The molecule has 1 amide bonds. The monoisotopic (exact) mass is 317 g/mol. The summed E-state index contributed by atoms with van der Waals surface area (Å²) in [6.45, 7) is 1.36. The summed E-state index contributed by atoms with van der Waals surface area (Å²) < 4.78 is 15.4. The minimum absolute atomic E-state index is 0.0759. The Balaban J connectivity index is 1.62. The third kappa shape index (κ3) is 3.18. The van der Waals surface area contributed by atoms with Gasteiger partial charge in [0.05, 0.1) is 0 Å². The standard InChI is InChI=1S/C16H20FN5O/c1-20-9-7-14(19-20)16(23)21(2)12-5-10-22(11-6-12)15-13(17)4-3-8-18-15/h3-4,7-9,12H,5-6,10-11H2,1-2H3. The first-order valence-electron chi connectivity index (χ1n) is 7.68. The minimum Gasteiger partial charge on any atom is -0.354 e. The number of aryl methyl sites for hydroxylation is 1. The number of carbonyl (C=O) groups excluding carboxylic acids is 1. The third-order valence-corrected chi connectivity index (χ3v) is 4.30. The van der Waals surface area contributed by atoms with Gasteiger partial charge in [-0.2, -0.15) is 5.10 Å². The summed E-state index contributed by atoms with van der Waals surface area (Å²) in [6.07, 6.45) is 4.92. The molecule has 0 radical (unpaired) electrons. The molecule has 6 nitrogen and oxygen atoms in total. The lowest BCUT2D eigenvalue weighted by Crippen LogP contribution is -2.46. The predicted molar refractivity (Wildman–Crippen MR) is 84.7 cm³/mol. The quantitative estimate of drug-likeness (QED) is 0.864. The van der Waals surface area contributed by atoms with Crippen molar-refractivity contribution in [2.24, 2.45) is 7.05 Å². The number of aromatic nitrogens is 3. The molecule has 2 aromatic rings. The van der Waals surface area contributed by atoms with E-state index in [9.17, 15) is 9.18 Å². The van der Waals surface area contributed by atoms with Crippen LogP contribution in [0.3, 0.4) is 0 Å². The van der Waals surface area contributed by atoms with E-state index in [1.54, 1.807) is 48.2 Å². The van der Waals surface area contributed by atoms with Crippen molar-refractivity contribution in [3.63, 3.8) is 0 Å². The molecule has 1 aliphatic rings. The molecule has 0 atom stereocenters. The molecule has 7 heteroatoms. The van der Waals surface area contributed by atoms with Crippen LogP contribution >= 0.6 is 0 Å². The van der Waals surface area contributed by atoms with Gasteiger partial charge in [-0.15, -0.1) is 0 Å². The maximum absolute atomic E-state index is 13.8. The zero-order valence-corrected chi connectivity index (χ0v) is 13.3. The smallest absolute Gasteiger partial charge is 0.274 e. The summed E-state index contributed by atoms with van der Waals surface area (Å²) in [5.74, 6) is 0.0154. The van der Waals surface area contributed by atoms with Crippen LogP contribution in [-0.2, 0) is 7.05 Å². The Hall–Kier alpha value is -2.44. The van der Waals surface area contributed by atoms with Gasteiger partial charge in [-0.25, -0.2) is 9.37 Å². The van der Waals surface area contributed by atoms with E-state index in [0.29, 0.717) is 24.6 Å². The highest BCUT2D eigenvalue weighted by molar-refractivity contribution is 5.92. The van der Waals surface area contributed by atoms with Crippen LogP contribution in [0.4, 0.5) is 10.2 Å². The molecule has 0 bridgehead atoms. The van der Waals surface area contributed by atoms with E-state index in [0.717, 1.165) is 12.8 Å². The van der Waals surface area contributed by atoms with Gasteiger partial charge in [-0.1, -0.05) is 0 Å². The maximum Gasteiger partial charge on any atom is 0.274 e. The van der Waals surface area contributed by atoms with Crippen LogP contribution in [0.15, 0.2) is 30.6 Å². The van der Waals surface area contributed by atoms with Gasteiger partial charge in [-0.3, -0.25) is 9.48 Å². The highest BCUT2D eigenvalue weighted by Gasteiger charge is 2.28. The first-order valence-corrected chi connectivity index (χ1v) is 7.68. The molecule has 3 heterocycles. The molecule has 0 spiro atoms. The fourth-order valence-corrected chi connectivity index (χ4v) is 2.95. The van der Waals surface area contributed by atoms with Crippen LogP contribution in [0.2, 0.25) is 0 Å². The van der Waals surface area contributed by atoms with E-state index in [1.807, 2.05) is 4.90 Å². The third-order valence-electron chi connectivity index (χ3n) is 4.30. The number of piperidine rings is 1. The van der Waals surface area contributed by atoms with E-state index < -0.39 is 0 Å². The zero-order valence-electron chi connectivity index (χ0n) is 13.3. The van der Waals surface area contributed by atoms with Crippen LogP contribution in [0.5, 0.6) is 0 Å². The average Bonchev–Trinajstić information content (AvgIpc) is 3.01. The van der Waals surface area contributed by atoms with Gasteiger partial charge < -0.3 is 9.80 Å². The van der Waals surface area contributed by atoms with Crippen LogP contribution in [-0.4, -0.2) is 51.8 Å². The summed E-state index contributed by atoms with van der Waals surface area (Å²) in [7, 11) is 3.59. The van der Waals surface area contributed by atoms with Crippen molar-refractivity contribution in [1.29, 1.82) is 0 Å². The van der Waals surface area contributed by atoms with Gasteiger partial charge in [0.15, 0.2) is 11.6 Å². The molecule has 1 fully saturated rings. The number of hydrogen-bond acceptors (Lipinski definition) is 4. The lowest BCUT2D eigenvalue weighted by atomic mass is 10.0. The number of hydrogen-bond donors (Lipinski definition) is 0. The average molecular weight is 317 g/mol. The second-order valence-electron chi connectivity index (χ2n) is 5.82. The second kappa shape index (κ2) is 6.36. The normalized spacial score (nSPS) is 15.7. The van der Waals surface area contributed by atoms with Crippen LogP contribution in [0.1, 0.15) is 23.3 Å². The van der Waals surface area contributed by atoms with Crippen LogP contribution < -0.4 is 4.90 Å². The number of anilines is 1. The molecule has 0 saturated carbocycles. The van der Waals surface area contributed by atoms with Crippen molar-refractivity contribution < 1.29 is 9.18 Å². The van der Waals surface area contributed by atoms with Crippen molar-refractivity contribution in [3.05, 3.63) is 42.1 Å². The molecule has 0 unspecified atom stereocenters. The van der Waals surface area contributed by atoms with Gasteiger partial charge in [0.2, 0.25) is 0 Å². The number of carbonyl (C=O) groups is 1. The van der Waals surface area contributed by atoms with E-state index >= 15 is 0 Å². The SMILES string of the molecule is CN(C(=O)c1ccn(C)n1)C1CCN(c2ncccc2F)CC1. The molecular weight excluding hydrogens is 297 g/mol. The number of halogens is 1. The molecule has 1 aliphatic heterocycles. The first-order chi connectivity index (χ1) is 11.1.